The van der Waals surface area contributed by atoms with Crippen LogP contribution in [0, 0.1) is 24.0 Å². The van der Waals surface area contributed by atoms with Gasteiger partial charge in [-0.3, -0.25) is 4.79 Å². The first-order valence-electron chi connectivity index (χ1n) is 11.2. The van der Waals surface area contributed by atoms with Crippen molar-refractivity contribution < 1.29 is 36.3 Å². The van der Waals surface area contributed by atoms with E-state index in [0.717, 1.165) is 30.3 Å². The quantitative estimate of drug-likeness (QED) is 0.162. The van der Waals surface area contributed by atoms with Crippen LogP contribution in [-0.4, -0.2) is 24.9 Å². The lowest BCUT2D eigenvalue weighted by molar-refractivity contribution is -0.137. The lowest BCUT2D eigenvalue weighted by Gasteiger charge is -2.19. The molecule has 0 aliphatic heterocycles. The van der Waals surface area contributed by atoms with Gasteiger partial charge in [0.05, 0.1) is 11.1 Å². The molecule has 0 saturated carbocycles. The molecule has 0 radical (unpaired) electrons. The van der Waals surface area contributed by atoms with Crippen molar-refractivity contribution in [3.05, 3.63) is 106 Å². The molecule has 1 unspecified atom stereocenters. The molecule has 3 aromatic carbocycles. The Hall–Kier alpha value is -4.03. The fourth-order valence-corrected chi connectivity index (χ4v) is 3.66. The number of nitrogens with one attached hydrogen (secondary N) is 1. The fourth-order valence-electron chi connectivity index (χ4n) is 3.66. The number of aryl methyl sites for hydroxylation is 1. The summed E-state index contributed by atoms with van der Waals surface area (Å²) in [6.45, 7) is 0.0869. The molecule has 0 heterocycles. The molecule has 9 heteroatoms. The van der Waals surface area contributed by atoms with Crippen LogP contribution in [0.5, 0.6) is 0 Å². The van der Waals surface area contributed by atoms with E-state index in [1.165, 1.54) is 30.3 Å². The Labute approximate surface area is 210 Å². The van der Waals surface area contributed by atoms with E-state index < -0.39 is 35.4 Å². The number of terminal acetylenes is 1. The number of aldehydes is 1. The molecule has 0 aliphatic rings. The van der Waals surface area contributed by atoms with Crippen LogP contribution in [0.4, 0.5) is 22.0 Å². The van der Waals surface area contributed by atoms with E-state index >= 15 is 0 Å². The first-order chi connectivity index (χ1) is 17.6. The molecule has 37 heavy (non-hydrogen) atoms. The predicted octanol–water partition coefficient (Wildman–Crippen LogP) is 5.73. The SMILES string of the molecule is C#Cc1cc(C=O)cc(C(=O)OC(CCc2cc(F)cc(F)c2)CNCc2cccc(C(F)(F)F)c2)c1. The summed E-state index contributed by atoms with van der Waals surface area (Å²) in [5.74, 6) is 0.0615. The van der Waals surface area contributed by atoms with E-state index in [9.17, 15) is 31.5 Å². The summed E-state index contributed by atoms with van der Waals surface area (Å²) in [6, 6.07) is 12.0. The van der Waals surface area contributed by atoms with Gasteiger partial charge in [0.15, 0.2) is 0 Å². The highest BCUT2D eigenvalue weighted by molar-refractivity contribution is 5.92. The Morgan fingerprint density at radius 3 is 2.41 bits per heavy atom. The summed E-state index contributed by atoms with van der Waals surface area (Å²) in [5.41, 5.74) is 0.431. The van der Waals surface area contributed by atoms with Gasteiger partial charge in [-0.15, -0.1) is 6.42 Å². The number of esters is 1. The van der Waals surface area contributed by atoms with E-state index in [-0.39, 0.29) is 37.1 Å². The molecule has 0 fully saturated rings. The Balaban J connectivity index is 1.73. The van der Waals surface area contributed by atoms with Crippen molar-refractivity contribution in [3.63, 3.8) is 0 Å². The maximum atomic E-state index is 13.6. The maximum absolute atomic E-state index is 13.6. The number of halogens is 5. The first kappa shape index (κ1) is 27.6. The number of carbonyl (C=O) groups excluding carboxylic acids is 2. The number of rotatable bonds is 10. The average Bonchev–Trinajstić information content (AvgIpc) is 2.85. The van der Waals surface area contributed by atoms with E-state index in [1.807, 2.05) is 0 Å². The van der Waals surface area contributed by atoms with Crippen LogP contribution in [0.3, 0.4) is 0 Å². The fraction of sp³-hybridized carbons (Fsp3) is 0.214. The summed E-state index contributed by atoms with van der Waals surface area (Å²) in [4.78, 5) is 24.0. The number of hydrogen-bond acceptors (Lipinski definition) is 4. The van der Waals surface area contributed by atoms with Crippen LogP contribution in [-0.2, 0) is 23.9 Å². The van der Waals surface area contributed by atoms with Crippen LogP contribution in [0.15, 0.2) is 60.7 Å². The van der Waals surface area contributed by atoms with Gasteiger partial charge in [-0.1, -0.05) is 24.1 Å². The molecule has 0 amide bonds. The van der Waals surface area contributed by atoms with E-state index in [1.54, 1.807) is 0 Å². The molecule has 0 aliphatic carbocycles. The number of ether oxygens (including phenoxy) is 1. The van der Waals surface area contributed by atoms with Crippen LogP contribution in [0.1, 0.15) is 49.4 Å². The van der Waals surface area contributed by atoms with Crippen molar-refractivity contribution in [2.75, 3.05) is 6.54 Å². The van der Waals surface area contributed by atoms with E-state index in [4.69, 9.17) is 11.2 Å². The summed E-state index contributed by atoms with van der Waals surface area (Å²) >= 11 is 0. The third-order valence-corrected chi connectivity index (χ3v) is 5.40. The second-order valence-corrected chi connectivity index (χ2v) is 8.28. The second-order valence-electron chi connectivity index (χ2n) is 8.28. The van der Waals surface area contributed by atoms with Crippen LogP contribution >= 0.6 is 0 Å². The van der Waals surface area contributed by atoms with Gasteiger partial charge in [0.25, 0.3) is 0 Å². The highest BCUT2D eigenvalue weighted by Crippen LogP contribution is 2.29. The zero-order chi connectivity index (χ0) is 27.0. The largest absolute Gasteiger partial charge is 0.457 e. The normalized spacial score (nSPS) is 12.0. The minimum atomic E-state index is -4.48. The minimum absolute atomic E-state index is 0.0369. The smallest absolute Gasteiger partial charge is 0.416 e. The molecule has 0 bridgehead atoms. The molecule has 3 rings (SSSR count). The van der Waals surface area contributed by atoms with Crippen LogP contribution < -0.4 is 5.32 Å². The van der Waals surface area contributed by atoms with Gasteiger partial charge >= 0.3 is 12.1 Å². The lowest BCUT2D eigenvalue weighted by Crippen LogP contribution is -2.31. The van der Waals surface area contributed by atoms with Gasteiger partial charge in [-0.2, -0.15) is 13.2 Å². The maximum Gasteiger partial charge on any atom is 0.416 e. The molecular weight excluding hydrogens is 493 g/mol. The standard InChI is InChI=1S/C28H22F5NO3/c1-2-18-8-21(17-35)10-22(9-18)27(36)37-26(7-6-19-12-24(29)14-25(30)13-19)16-34-15-20-4-3-5-23(11-20)28(31,32)33/h1,3-5,8-14,17,26,34H,6-7,15-16H2. The van der Waals surface area contributed by atoms with Crippen molar-refractivity contribution in [3.8, 4) is 12.3 Å². The molecule has 0 aromatic heterocycles. The number of benzene rings is 3. The summed E-state index contributed by atoms with van der Waals surface area (Å²) in [7, 11) is 0. The zero-order valence-electron chi connectivity index (χ0n) is 19.4. The topological polar surface area (TPSA) is 55.4 Å². The Kier molecular flexibility index (Phi) is 9.15. The Morgan fingerprint density at radius 1 is 1.03 bits per heavy atom. The lowest BCUT2D eigenvalue weighted by atomic mass is 10.0. The molecule has 1 N–H and O–H groups in total. The second kappa shape index (κ2) is 12.3. The van der Waals surface area contributed by atoms with Gasteiger partial charge < -0.3 is 10.1 Å². The average molecular weight is 515 g/mol. The highest BCUT2D eigenvalue weighted by atomic mass is 19.4. The molecule has 1 atom stereocenters. The third kappa shape index (κ3) is 8.26. The molecule has 4 nitrogen and oxygen atoms in total. The number of hydrogen-bond donors (Lipinski definition) is 1. The highest BCUT2D eigenvalue weighted by Gasteiger charge is 2.30. The van der Waals surface area contributed by atoms with Gasteiger partial charge in [-0.05, 0) is 60.4 Å². The summed E-state index contributed by atoms with van der Waals surface area (Å²) in [5, 5.41) is 2.96. The van der Waals surface area contributed by atoms with Gasteiger partial charge in [-0.25, -0.2) is 13.6 Å². The molecule has 0 saturated heterocycles. The van der Waals surface area contributed by atoms with Crippen molar-refractivity contribution in [2.24, 2.45) is 0 Å². The zero-order valence-corrected chi connectivity index (χ0v) is 19.4. The van der Waals surface area contributed by atoms with Gasteiger partial charge in [0.2, 0.25) is 0 Å². The molecular formula is C28H22F5NO3. The molecule has 192 valence electrons. The Morgan fingerprint density at radius 2 is 1.76 bits per heavy atom. The van der Waals surface area contributed by atoms with Crippen molar-refractivity contribution in [1.82, 2.24) is 5.32 Å². The first-order valence-corrected chi connectivity index (χ1v) is 11.2. The van der Waals surface area contributed by atoms with Crippen molar-refractivity contribution >= 4 is 12.3 Å². The van der Waals surface area contributed by atoms with E-state index in [0.29, 0.717) is 23.0 Å². The Bertz CT molecular complexity index is 1290. The monoisotopic (exact) mass is 515 g/mol. The number of carbonyl (C=O) groups is 2. The van der Waals surface area contributed by atoms with Crippen molar-refractivity contribution in [2.45, 2.75) is 31.7 Å². The summed E-state index contributed by atoms with van der Waals surface area (Å²) in [6.07, 6.45) is 0.913. The third-order valence-electron chi connectivity index (χ3n) is 5.40. The predicted molar refractivity (Wildman–Crippen MR) is 127 cm³/mol. The molecule has 3 aromatic rings. The van der Waals surface area contributed by atoms with Gasteiger partial charge in [0, 0.05) is 30.3 Å². The van der Waals surface area contributed by atoms with Crippen LogP contribution in [0.25, 0.3) is 0 Å². The minimum Gasteiger partial charge on any atom is -0.457 e. The number of alkyl halides is 3. The summed E-state index contributed by atoms with van der Waals surface area (Å²) < 4.78 is 71.7. The molecule has 0 spiro atoms. The van der Waals surface area contributed by atoms with Crippen molar-refractivity contribution in [1.29, 1.82) is 0 Å². The van der Waals surface area contributed by atoms with E-state index in [2.05, 4.69) is 11.2 Å². The van der Waals surface area contributed by atoms with Crippen LogP contribution in [0.2, 0.25) is 0 Å². The van der Waals surface area contributed by atoms with Gasteiger partial charge in [0.1, 0.15) is 24.0 Å².